The smallest absolute Gasteiger partial charge is 0.0714 e. The van der Waals surface area contributed by atoms with Gasteiger partial charge in [0.25, 0.3) is 0 Å². The van der Waals surface area contributed by atoms with Crippen LogP contribution in [-0.4, -0.2) is 0 Å². The van der Waals surface area contributed by atoms with Gasteiger partial charge < -0.3 is 4.90 Å². The van der Waals surface area contributed by atoms with Crippen molar-refractivity contribution in [2.45, 2.75) is 5.41 Å². The highest BCUT2D eigenvalue weighted by atomic mass is 15.1. The molecule has 0 bridgehead atoms. The average Bonchev–Trinajstić information content (AvgIpc) is 3.66. The zero-order chi connectivity index (χ0) is 41.0. The highest BCUT2D eigenvalue weighted by molar-refractivity contribution is 6.14. The number of benzene rings is 11. The first-order chi connectivity index (χ1) is 30.8. The van der Waals surface area contributed by atoms with Gasteiger partial charge in [0.1, 0.15) is 0 Å². The molecule has 0 aliphatic heterocycles. The first-order valence-corrected chi connectivity index (χ1v) is 21.5. The molecule has 0 fully saturated rings. The first kappa shape index (κ1) is 35.9. The van der Waals surface area contributed by atoms with Crippen LogP contribution < -0.4 is 4.90 Å². The third-order valence-corrected chi connectivity index (χ3v) is 13.1. The molecule has 0 atom stereocenters. The number of para-hydroxylation sites is 1. The molecule has 0 aromatic heterocycles. The van der Waals surface area contributed by atoms with E-state index in [2.05, 4.69) is 254 Å². The quantitative estimate of drug-likeness (QED) is 0.145. The average molecular weight is 788 g/mol. The van der Waals surface area contributed by atoms with E-state index in [1.165, 1.54) is 88.0 Å². The molecule has 0 unspecified atom stereocenters. The minimum absolute atomic E-state index is 0.522. The van der Waals surface area contributed by atoms with Gasteiger partial charge in [0.15, 0.2) is 0 Å². The summed E-state index contributed by atoms with van der Waals surface area (Å²) in [7, 11) is 0. The minimum Gasteiger partial charge on any atom is -0.309 e. The van der Waals surface area contributed by atoms with Crippen LogP contribution in [-0.2, 0) is 5.41 Å². The highest BCUT2D eigenvalue weighted by Crippen LogP contribution is 2.60. The van der Waals surface area contributed by atoms with Crippen molar-refractivity contribution >= 4 is 49.4 Å². The fourth-order valence-electron chi connectivity index (χ4n) is 10.5. The van der Waals surface area contributed by atoms with E-state index in [-0.39, 0.29) is 0 Å². The molecule has 0 radical (unpaired) electrons. The molecule has 12 rings (SSSR count). The van der Waals surface area contributed by atoms with Crippen molar-refractivity contribution in [3.05, 3.63) is 271 Å². The van der Waals surface area contributed by atoms with Gasteiger partial charge in [-0.25, -0.2) is 0 Å². The summed E-state index contributed by atoms with van der Waals surface area (Å²) in [6.45, 7) is 0. The normalized spacial score (nSPS) is 12.6. The van der Waals surface area contributed by atoms with Crippen LogP contribution in [0.5, 0.6) is 0 Å². The van der Waals surface area contributed by atoms with Gasteiger partial charge in [0.05, 0.1) is 16.8 Å². The molecule has 11 aromatic rings. The maximum absolute atomic E-state index is 2.51. The molecule has 0 amide bonds. The Morgan fingerprint density at radius 3 is 1.56 bits per heavy atom. The maximum atomic E-state index is 2.51. The van der Waals surface area contributed by atoms with Crippen molar-refractivity contribution in [2.24, 2.45) is 0 Å². The van der Waals surface area contributed by atoms with Crippen LogP contribution in [0.15, 0.2) is 249 Å². The number of hydrogen-bond acceptors (Lipinski definition) is 1. The van der Waals surface area contributed by atoms with E-state index in [9.17, 15) is 0 Å². The van der Waals surface area contributed by atoms with Crippen LogP contribution in [0.2, 0.25) is 0 Å². The standard InChI is InChI=1S/C61H41N/c1-3-22-45(23-4-1)61(46-24-5-2-6-25-46)56-33-15-13-31-54(56)60-57(61)34-18-36-59(60)62(58-35-16-14-30-53(58)51-32-17-21-42-19-7-9-26-48(42)51)47-39-37-43(38-40-47)55-41-44-20-8-10-27-49(44)50-28-11-12-29-52(50)55/h1-41H. The Morgan fingerprint density at radius 1 is 0.290 bits per heavy atom. The van der Waals surface area contributed by atoms with E-state index in [0.29, 0.717) is 0 Å². The highest BCUT2D eigenvalue weighted by Gasteiger charge is 2.47. The summed E-state index contributed by atoms with van der Waals surface area (Å²) in [4.78, 5) is 2.51. The van der Waals surface area contributed by atoms with E-state index in [1.54, 1.807) is 0 Å². The van der Waals surface area contributed by atoms with Crippen LogP contribution in [0.25, 0.3) is 65.7 Å². The van der Waals surface area contributed by atoms with E-state index in [1.807, 2.05) is 0 Å². The largest absolute Gasteiger partial charge is 0.309 e. The van der Waals surface area contributed by atoms with E-state index < -0.39 is 5.41 Å². The lowest BCUT2D eigenvalue weighted by Gasteiger charge is -2.34. The lowest BCUT2D eigenvalue weighted by Crippen LogP contribution is -2.28. The molecular formula is C61H41N. The van der Waals surface area contributed by atoms with Crippen molar-refractivity contribution in [3.63, 3.8) is 0 Å². The van der Waals surface area contributed by atoms with Crippen LogP contribution in [0.1, 0.15) is 22.3 Å². The van der Waals surface area contributed by atoms with Gasteiger partial charge in [-0.15, -0.1) is 0 Å². The number of nitrogens with zero attached hydrogens (tertiary/aromatic N) is 1. The second kappa shape index (κ2) is 14.6. The monoisotopic (exact) mass is 787 g/mol. The second-order valence-electron chi connectivity index (χ2n) is 16.3. The number of anilines is 3. The fourth-order valence-corrected chi connectivity index (χ4v) is 10.5. The summed E-state index contributed by atoms with van der Waals surface area (Å²) in [5, 5.41) is 7.51. The summed E-state index contributed by atoms with van der Waals surface area (Å²) in [6, 6.07) is 91.7. The molecule has 1 aliphatic carbocycles. The minimum atomic E-state index is -0.522. The van der Waals surface area contributed by atoms with Gasteiger partial charge in [0, 0.05) is 16.8 Å². The molecule has 0 heterocycles. The third kappa shape index (κ3) is 5.49. The van der Waals surface area contributed by atoms with Crippen molar-refractivity contribution < 1.29 is 0 Å². The molecule has 290 valence electrons. The Labute approximate surface area is 362 Å². The van der Waals surface area contributed by atoms with E-state index >= 15 is 0 Å². The Bertz CT molecular complexity index is 3410. The van der Waals surface area contributed by atoms with Crippen molar-refractivity contribution in [1.82, 2.24) is 0 Å². The maximum Gasteiger partial charge on any atom is 0.0714 e. The summed E-state index contributed by atoms with van der Waals surface area (Å²) >= 11 is 0. The SMILES string of the molecule is c1ccc(C2(c3ccccc3)c3ccccc3-c3c(N(c4ccc(-c5cc6ccccc6c6ccccc56)cc4)c4ccccc4-c4cccc5ccccc45)cccc32)cc1. The summed E-state index contributed by atoms with van der Waals surface area (Å²) in [5.41, 5.74) is 15.2. The lowest BCUT2D eigenvalue weighted by atomic mass is 9.68. The Kier molecular flexibility index (Phi) is 8.47. The zero-order valence-electron chi connectivity index (χ0n) is 34.1. The lowest BCUT2D eigenvalue weighted by molar-refractivity contribution is 0.768. The predicted octanol–water partition coefficient (Wildman–Crippen LogP) is 16.3. The molecule has 1 nitrogen and oxygen atoms in total. The van der Waals surface area contributed by atoms with Gasteiger partial charge in [-0.05, 0) is 107 Å². The Morgan fingerprint density at radius 2 is 0.806 bits per heavy atom. The molecule has 0 spiro atoms. The van der Waals surface area contributed by atoms with Crippen LogP contribution in [0, 0.1) is 0 Å². The first-order valence-electron chi connectivity index (χ1n) is 21.5. The zero-order valence-corrected chi connectivity index (χ0v) is 34.1. The molecule has 0 saturated heterocycles. The summed E-state index contributed by atoms with van der Waals surface area (Å²) in [6.07, 6.45) is 0. The van der Waals surface area contributed by atoms with Crippen LogP contribution in [0.3, 0.4) is 0 Å². The predicted molar refractivity (Wildman–Crippen MR) is 262 cm³/mol. The molecular weight excluding hydrogens is 747 g/mol. The fraction of sp³-hybridized carbons (Fsp3) is 0.0164. The van der Waals surface area contributed by atoms with Crippen LogP contribution >= 0.6 is 0 Å². The molecule has 62 heavy (non-hydrogen) atoms. The number of hydrogen-bond donors (Lipinski definition) is 0. The van der Waals surface area contributed by atoms with Gasteiger partial charge in [-0.3, -0.25) is 0 Å². The van der Waals surface area contributed by atoms with Gasteiger partial charge in [0.2, 0.25) is 0 Å². The number of rotatable bonds is 7. The summed E-state index contributed by atoms with van der Waals surface area (Å²) < 4.78 is 0. The Balaban J connectivity index is 1.13. The van der Waals surface area contributed by atoms with Crippen molar-refractivity contribution in [3.8, 4) is 33.4 Å². The second-order valence-corrected chi connectivity index (χ2v) is 16.3. The van der Waals surface area contributed by atoms with Crippen LogP contribution in [0.4, 0.5) is 17.1 Å². The number of fused-ring (bicyclic) bond motifs is 7. The van der Waals surface area contributed by atoms with Crippen molar-refractivity contribution in [2.75, 3.05) is 4.90 Å². The molecule has 0 N–H and O–H groups in total. The molecule has 0 saturated carbocycles. The van der Waals surface area contributed by atoms with E-state index in [4.69, 9.17) is 0 Å². The third-order valence-electron chi connectivity index (χ3n) is 13.1. The molecule has 1 heteroatoms. The van der Waals surface area contributed by atoms with Gasteiger partial charge >= 0.3 is 0 Å². The van der Waals surface area contributed by atoms with Crippen molar-refractivity contribution in [1.29, 1.82) is 0 Å². The van der Waals surface area contributed by atoms with Gasteiger partial charge in [-0.2, -0.15) is 0 Å². The molecule has 11 aromatic carbocycles. The van der Waals surface area contributed by atoms with Gasteiger partial charge in [-0.1, -0.05) is 218 Å². The topological polar surface area (TPSA) is 3.24 Å². The molecule has 1 aliphatic rings. The van der Waals surface area contributed by atoms with E-state index in [0.717, 1.165) is 17.1 Å². The summed E-state index contributed by atoms with van der Waals surface area (Å²) in [5.74, 6) is 0. The Hall–Kier alpha value is -8.00.